The monoisotopic (exact) mass is 280 g/mol. The molecule has 0 atom stereocenters. The molecule has 0 saturated carbocycles. The molecule has 5 heteroatoms. The first-order valence-electron chi connectivity index (χ1n) is 6.76. The zero-order valence-electron chi connectivity index (χ0n) is 12.5. The van der Waals surface area contributed by atoms with E-state index in [1.807, 2.05) is 0 Å². The molecule has 0 spiro atoms. The largest absolute Gasteiger partial charge is 0.379 e. The molecular weight excluding hydrogens is 256 g/mol. The molecule has 1 N–H and O–H groups in total. The summed E-state index contributed by atoms with van der Waals surface area (Å²) in [6.45, 7) is 9.28. The minimum absolute atomic E-state index is 0.306. The van der Waals surface area contributed by atoms with Crippen molar-refractivity contribution in [3.05, 3.63) is 34.9 Å². The number of hydroxylamine groups is 2. The number of aryl methyl sites for hydroxylation is 2. The Morgan fingerprint density at radius 1 is 1.30 bits per heavy atom. The number of hydrogen-bond acceptors (Lipinski definition) is 4. The van der Waals surface area contributed by atoms with E-state index in [0.29, 0.717) is 11.5 Å². The highest BCUT2D eigenvalue weighted by Gasteiger charge is 2.10. The predicted octanol–water partition coefficient (Wildman–Crippen LogP) is 1.60. The van der Waals surface area contributed by atoms with E-state index in [9.17, 15) is 4.79 Å². The molecule has 5 nitrogen and oxygen atoms in total. The van der Waals surface area contributed by atoms with Crippen molar-refractivity contribution in [1.29, 1.82) is 0 Å². The van der Waals surface area contributed by atoms with Gasteiger partial charge in [-0.1, -0.05) is 18.2 Å². The Morgan fingerprint density at radius 2 is 1.90 bits per heavy atom. The van der Waals surface area contributed by atoms with Gasteiger partial charge in [-0.2, -0.15) is 0 Å². The minimum atomic E-state index is 0.306. The lowest BCUT2D eigenvalue weighted by molar-refractivity contribution is -0.143. The summed E-state index contributed by atoms with van der Waals surface area (Å²) in [5.74, 6) is 0. The van der Waals surface area contributed by atoms with Gasteiger partial charge in [0.2, 0.25) is 6.41 Å². The molecule has 0 radical (unpaired) electrons. The van der Waals surface area contributed by atoms with Crippen LogP contribution in [0.4, 0.5) is 0 Å². The van der Waals surface area contributed by atoms with Crippen LogP contribution >= 0.6 is 0 Å². The SMILES string of the molecule is CN(O)C=O.Cc1ccc(CN2CCOCC2)cc1C. The zero-order chi connectivity index (χ0) is 15.0. The minimum Gasteiger partial charge on any atom is -0.379 e. The summed E-state index contributed by atoms with van der Waals surface area (Å²) in [5.41, 5.74) is 4.18. The molecule has 1 aliphatic rings. The first-order valence-corrected chi connectivity index (χ1v) is 6.76. The van der Waals surface area contributed by atoms with Crippen LogP contribution in [-0.2, 0) is 16.1 Å². The topological polar surface area (TPSA) is 53.0 Å². The van der Waals surface area contributed by atoms with Gasteiger partial charge in [0.05, 0.1) is 13.2 Å². The summed E-state index contributed by atoms with van der Waals surface area (Å²) in [5, 5.41) is 8.27. The van der Waals surface area contributed by atoms with E-state index >= 15 is 0 Å². The Kier molecular flexibility index (Phi) is 7.22. The Balaban J connectivity index is 0.000000347. The molecule has 1 fully saturated rings. The van der Waals surface area contributed by atoms with Crippen LogP contribution in [-0.4, -0.2) is 54.9 Å². The van der Waals surface area contributed by atoms with Gasteiger partial charge < -0.3 is 4.74 Å². The summed E-state index contributed by atoms with van der Waals surface area (Å²) in [6.07, 6.45) is 0.306. The Hall–Kier alpha value is -1.43. The average Bonchev–Trinajstić information content (AvgIpc) is 2.45. The molecule has 1 aliphatic heterocycles. The number of benzene rings is 1. The molecule has 0 unspecified atom stereocenters. The molecule has 0 bridgehead atoms. The van der Waals surface area contributed by atoms with Gasteiger partial charge in [0, 0.05) is 26.7 Å². The summed E-state index contributed by atoms with van der Waals surface area (Å²) >= 11 is 0. The number of hydrogen-bond donors (Lipinski definition) is 1. The van der Waals surface area contributed by atoms with Crippen LogP contribution in [0.25, 0.3) is 0 Å². The standard InChI is InChI=1S/C13H19NO.C2H5NO2/c1-11-3-4-13(9-12(11)2)10-14-5-7-15-8-6-14;1-3(5)2-4/h3-4,9H,5-8,10H2,1-2H3;2,5H,1H3. The normalized spacial score (nSPS) is 15.2. The van der Waals surface area contributed by atoms with Gasteiger partial charge in [0.1, 0.15) is 0 Å². The van der Waals surface area contributed by atoms with E-state index in [1.54, 1.807) is 0 Å². The van der Waals surface area contributed by atoms with Crippen LogP contribution in [0.15, 0.2) is 18.2 Å². The molecule has 1 aromatic rings. The lowest BCUT2D eigenvalue weighted by atomic mass is 10.1. The van der Waals surface area contributed by atoms with E-state index < -0.39 is 0 Å². The fourth-order valence-corrected chi connectivity index (χ4v) is 1.92. The number of carbonyl (C=O) groups is 1. The van der Waals surface area contributed by atoms with Crippen molar-refractivity contribution in [2.24, 2.45) is 0 Å². The Morgan fingerprint density at radius 3 is 2.40 bits per heavy atom. The maximum Gasteiger partial charge on any atom is 0.232 e. The number of nitrogens with zero attached hydrogens (tertiary/aromatic N) is 2. The van der Waals surface area contributed by atoms with Crippen molar-refractivity contribution in [2.45, 2.75) is 20.4 Å². The van der Waals surface area contributed by atoms with Crippen LogP contribution in [0, 0.1) is 13.8 Å². The van der Waals surface area contributed by atoms with Gasteiger partial charge in [-0.25, -0.2) is 5.06 Å². The Labute approximate surface area is 120 Å². The zero-order valence-corrected chi connectivity index (χ0v) is 12.5. The average molecular weight is 280 g/mol. The third-order valence-electron chi connectivity index (χ3n) is 3.23. The maximum absolute atomic E-state index is 9.18. The van der Waals surface area contributed by atoms with Gasteiger partial charge >= 0.3 is 0 Å². The highest BCUT2D eigenvalue weighted by Crippen LogP contribution is 2.12. The van der Waals surface area contributed by atoms with Crippen molar-refractivity contribution in [2.75, 3.05) is 33.4 Å². The van der Waals surface area contributed by atoms with Crippen LogP contribution in [0.2, 0.25) is 0 Å². The lowest BCUT2D eigenvalue weighted by Crippen LogP contribution is -2.35. The second kappa shape index (κ2) is 8.68. The van der Waals surface area contributed by atoms with Crippen LogP contribution < -0.4 is 0 Å². The van der Waals surface area contributed by atoms with Gasteiger partial charge in [-0.05, 0) is 30.5 Å². The molecule has 0 aliphatic carbocycles. The quantitative estimate of drug-likeness (QED) is 0.519. The predicted molar refractivity (Wildman–Crippen MR) is 77.6 cm³/mol. The molecular formula is C15H24N2O3. The first kappa shape index (κ1) is 16.6. The first-order chi connectivity index (χ1) is 9.52. The number of ether oxygens (including phenoxy) is 1. The van der Waals surface area contributed by atoms with E-state index in [-0.39, 0.29) is 0 Å². The molecule has 112 valence electrons. The summed E-state index contributed by atoms with van der Waals surface area (Å²) in [4.78, 5) is 11.6. The lowest BCUT2D eigenvalue weighted by Gasteiger charge is -2.26. The summed E-state index contributed by atoms with van der Waals surface area (Å²) in [6, 6.07) is 6.74. The molecule has 1 saturated heterocycles. The van der Waals surface area contributed by atoms with Crippen LogP contribution in [0.3, 0.4) is 0 Å². The third kappa shape index (κ3) is 6.14. The van der Waals surface area contributed by atoms with Crippen LogP contribution in [0.5, 0.6) is 0 Å². The van der Waals surface area contributed by atoms with E-state index in [0.717, 1.165) is 32.8 Å². The smallest absolute Gasteiger partial charge is 0.232 e. The van der Waals surface area contributed by atoms with E-state index in [4.69, 9.17) is 9.94 Å². The van der Waals surface area contributed by atoms with Crippen LogP contribution in [0.1, 0.15) is 16.7 Å². The maximum atomic E-state index is 9.18. The third-order valence-corrected chi connectivity index (χ3v) is 3.23. The molecule has 20 heavy (non-hydrogen) atoms. The van der Waals surface area contributed by atoms with Crippen molar-refractivity contribution < 1.29 is 14.7 Å². The highest BCUT2D eigenvalue weighted by atomic mass is 16.5. The molecule has 2 rings (SSSR count). The second-order valence-electron chi connectivity index (χ2n) is 4.99. The molecule has 0 aromatic heterocycles. The second-order valence-corrected chi connectivity index (χ2v) is 4.99. The Bertz CT molecular complexity index is 416. The fraction of sp³-hybridized carbons (Fsp3) is 0.533. The molecule has 1 heterocycles. The van der Waals surface area contributed by atoms with Gasteiger partial charge in [-0.3, -0.25) is 14.9 Å². The van der Waals surface area contributed by atoms with E-state index in [1.165, 1.54) is 23.7 Å². The van der Waals surface area contributed by atoms with Crippen molar-refractivity contribution in [1.82, 2.24) is 9.96 Å². The summed E-state index contributed by atoms with van der Waals surface area (Å²) < 4.78 is 5.34. The summed E-state index contributed by atoms with van der Waals surface area (Å²) in [7, 11) is 1.24. The van der Waals surface area contributed by atoms with Gasteiger partial charge in [-0.15, -0.1) is 0 Å². The highest BCUT2D eigenvalue weighted by molar-refractivity contribution is 5.43. The number of morpholine rings is 1. The number of amides is 1. The molecule has 1 aromatic carbocycles. The molecule has 1 amide bonds. The van der Waals surface area contributed by atoms with Crippen molar-refractivity contribution in [3.63, 3.8) is 0 Å². The number of rotatable bonds is 3. The van der Waals surface area contributed by atoms with Gasteiger partial charge in [0.15, 0.2) is 0 Å². The van der Waals surface area contributed by atoms with E-state index in [2.05, 4.69) is 36.9 Å². The van der Waals surface area contributed by atoms with Crippen molar-refractivity contribution >= 4 is 6.41 Å². The fourth-order valence-electron chi connectivity index (χ4n) is 1.92. The number of carbonyl (C=O) groups excluding carboxylic acids is 1. The van der Waals surface area contributed by atoms with Crippen molar-refractivity contribution in [3.8, 4) is 0 Å². The van der Waals surface area contributed by atoms with Gasteiger partial charge in [0.25, 0.3) is 0 Å².